The van der Waals surface area contributed by atoms with Crippen LogP contribution in [0, 0.1) is 5.95 Å². The molecular weight excluding hydrogens is 518 g/mol. The number of benzene rings is 2. The minimum atomic E-state index is -4.65. The van der Waals surface area contributed by atoms with Crippen LogP contribution < -0.4 is 0 Å². The number of piperazine rings is 1. The van der Waals surface area contributed by atoms with Gasteiger partial charge in [-0.3, -0.25) is 0 Å². The number of guanidine groups is 1. The van der Waals surface area contributed by atoms with Gasteiger partial charge in [0.2, 0.25) is 17.6 Å². The molecule has 0 radical (unpaired) electrons. The van der Waals surface area contributed by atoms with Crippen molar-refractivity contribution in [2.45, 2.75) is 18.5 Å². The number of hydrogen-bond donors (Lipinski definition) is 1. The van der Waals surface area contributed by atoms with Crippen molar-refractivity contribution < 1.29 is 32.2 Å². The molecule has 5 rings (SSSR count). The molecule has 1 atom stereocenters. The Kier molecular flexibility index (Phi) is 7.04. The Morgan fingerprint density at radius 1 is 1.00 bits per heavy atom. The van der Waals surface area contributed by atoms with Crippen molar-refractivity contribution >= 4 is 17.8 Å². The SMILES string of the molecule is O=C(OCc1ccccc1)N1CCN(C2=NC(O)(c3cccc(C(F)(F)F)c3)C(c3ccnc(F)c3)=N2)CC1. The maximum Gasteiger partial charge on any atom is 0.416 e. The third kappa shape index (κ3) is 5.60. The van der Waals surface area contributed by atoms with E-state index in [-0.39, 0.29) is 55.6 Å². The molecule has 39 heavy (non-hydrogen) atoms. The standard InChI is InChI=1S/C27H23F4N5O3/c28-22-15-19(9-10-32-22)23-26(38,20-7-4-8-21(16-20)27(29,30)31)34-24(33-23)35-11-13-36(14-12-35)25(37)39-17-18-5-2-1-3-6-18/h1-10,15-16,38H,11-14,17H2. The van der Waals surface area contributed by atoms with Crippen LogP contribution >= 0.6 is 0 Å². The Morgan fingerprint density at radius 3 is 2.44 bits per heavy atom. The molecule has 0 spiro atoms. The molecule has 1 saturated heterocycles. The van der Waals surface area contributed by atoms with Crippen LogP contribution in [0.3, 0.4) is 0 Å². The first-order valence-corrected chi connectivity index (χ1v) is 12.0. The topological polar surface area (TPSA) is 90.6 Å². The number of aliphatic imine (C=N–C) groups is 2. The van der Waals surface area contributed by atoms with E-state index in [0.717, 1.165) is 36.0 Å². The largest absolute Gasteiger partial charge is 0.445 e. The first kappa shape index (κ1) is 26.3. The molecule has 12 heteroatoms. The Bertz CT molecular complexity index is 1420. The number of ether oxygens (including phenoxy) is 1. The summed E-state index contributed by atoms with van der Waals surface area (Å²) in [5.41, 5.74) is -2.62. The van der Waals surface area contributed by atoms with Crippen LogP contribution in [0.4, 0.5) is 22.4 Å². The molecule has 202 valence electrons. The van der Waals surface area contributed by atoms with E-state index in [0.29, 0.717) is 0 Å². The third-order valence-electron chi connectivity index (χ3n) is 6.42. The smallest absolute Gasteiger partial charge is 0.416 e. The number of halogens is 4. The fourth-order valence-electron chi connectivity index (χ4n) is 4.37. The zero-order chi connectivity index (χ0) is 27.6. The maximum absolute atomic E-state index is 13.9. The summed E-state index contributed by atoms with van der Waals surface area (Å²) in [6, 6.07) is 15.8. The molecule has 0 bridgehead atoms. The number of amides is 1. The van der Waals surface area contributed by atoms with Crippen molar-refractivity contribution in [1.82, 2.24) is 14.8 Å². The highest BCUT2D eigenvalue weighted by atomic mass is 19.4. The van der Waals surface area contributed by atoms with E-state index in [2.05, 4.69) is 15.0 Å². The summed E-state index contributed by atoms with van der Waals surface area (Å²) >= 11 is 0. The number of aliphatic hydroxyl groups is 1. The van der Waals surface area contributed by atoms with Crippen LogP contribution in [-0.4, -0.2) is 63.8 Å². The zero-order valence-corrected chi connectivity index (χ0v) is 20.5. The summed E-state index contributed by atoms with van der Waals surface area (Å²) in [5.74, 6) is -0.794. The van der Waals surface area contributed by atoms with Gasteiger partial charge in [0.05, 0.1) is 5.56 Å². The highest BCUT2D eigenvalue weighted by Crippen LogP contribution is 2.37. The van der Waals surface area contributed by atoms with Gasteiger partial charge >= 0.3 is 12.3 Å². The molecule has 1 fully saturated rings. The molecule has 2 aromatic carbocycles. The molecule has 0 aliphatic carbocycles. The van der Waals surface area contributed by atoms with Gasteiger partial charge in [-0.25, -0.2) is 19.8 Å². The molecule has 1 amide bonds. The lowest BCUT2D eigenvalue weighted by Gasteiger charge is -2.34. The molecule has 3 aromatic rings. The van der Waals surface area contributed by atoms with Gasteiger partial charge in [0.25, 0.3) is 0 Å². The first-order chi connectivity index (χ1) is 18.6. The number of hydrogen-bond acceptors (Lipinski definition) is 7. The number of aromatic nitrogens is 1. The second-order valence-corrected chi connectivity index (χ2v) is 9.00. The van der Waals surface area contributed by atoms with Gasteiger partial charge in [0.1, 0.15) is 12.3 Å². The zero-order valence-electron chi connectivity index (χ0n) is 20.5. The maximum atomic E-state index is 13.9. The minimum Gasteiger partial charge on any atom is -0.445 e. The van der Waals surface area contributed by atoms with Crippen LogP contribution in [-0.2, 0) is 23.2 Å². The van der Waals surface area contributed by atoms with Crippen LogP contribution in [0.2, 0.25) is 0 Å². The normalized spacial score (nSPS) is 19.5. The predicted octanol–water partition coefficient (Wildman–Crippen LogP) is 4.20. The Labute approximate surface area is 220 Å². The van der Waals surface area contributed by atoms with Crippen LogP contribution in [0.25, 0.3) is 0 Å². The number of rotatable bonds is 4. The van der Waals surface area contributed by atoms with E-state index in [1.807, 2.05) is 30.3 Å². The molecule has 2 aliphatic heterocycles. The van der Waals surface area contributed by atoms with E-state index in [4.69, 9.17) is 4.74 Å². The van der Waals surface area contributed by atoms with E-state index in [1.54, 1.807) is 4.90 Å². The van der Waals surface area contributed by atoms with Gasteiger partial charge in [-0.15, -0.1) is 0 Å². The van der Waals surface area contributed by atoms with Gasteiger partial charge in [0.15, 0.2) is 0 Å². The molecule has 2 aliphatic rings. The highest BCUT2D eigenvalue weighted by Gasteiger charge is 2.44. The predicted molar refractivity (Wildman–Crippen MR) is 133 cm³/mol. The molecule has 0 saturated carbocycles. The van der Waals surface area contributed by atoms with Crippen molar-refractivity contribution in [1.29, 1.82) is 0 Å². The second kappa shape index (κ2) is 10.4. The van der Waals surface area contributed by atoms with Crippen molar-refractivity contribution in [3.63, 3.8) is 0 Å². The van der Waals surface area contributed by atoms with Crippen molar-refractivity contribution in [3.8, 4) is 0 Å². The highest BCUT2D eigenvalue weighted by molar-refractivity contribution is 6.15. The summed E-state index contributed by atoms with van der Waals surface area (Å²) in [4.78, 5) is 28.0. The third-order valence-corrected chi connectivity index (χ3v) is 6.42. The van der Waals surface area contributed by atoms with Crippen LogP contribution in [0.5, 0.6) is 0 Å². The van der Waals surface area contributed by atoms with E-state index in [9.17, 15) is 27.5 Å². The average Bonchev–Trinajstić information content (AvgIpc) is 3.30. The van der Waals surface area contributed by atoms with Gasteiger partial charge in [0, 0.05) is 49.6 Å². The molecule has 1 aromatic heterocycles. The van der Waals surface area contributed by atoms with Gasteiger partial charge in [-0.1, -0.05) is 42.5 Å². The van der Waals surface area contributed by atoms with Gasteiger partial charge < -0.3 is 19.6 Å². The molecule has 1 unspecified atom stereocenters. The molecular formula is C27H23F4N5O3. The Hall–Kier alpha value is -4.32. The van der Waals surface area contributed by atoms with E-state index >= 15 is 0 Å². The number of alkyl halides is 3. The number of pyridine rings is 1. The van der Waals surface area contributed by atoms with Gasteiger partial charge in [-0.05, 0) is 23.8 Å². The Morgan fingerprint density at radius 2 is 1.74 bits per heavy atom. The average molecular weight is 542 g/mol. The van der Waals surface area contributed by atoms with Crippen molar-refractivity contribution in [2.24, 2.45) is 9.98 Å². The van der Waals surface area contributed by atoms with E-state index < -0.39 is 29.5 Å². The van der Waals surface area contributed by atoms with Crippen LogP contribution in [0.15, 0.2) is 82.9 Å². The summed E-state index contributed by atoms with van der Waals surface area (Å²) in [7, 11) is 0. The van der Waals surface area contributed by atoms with E-state index in [1.165, 1.54) is 17.0 Å². The summed E-state index contributed by atoms with van der Waals surface area (Å²) in [5, 5.41) is 11.6. The fraction of sp³-hybridized carbons (Fsp3) is 0.259. The first-order valence-electron chi connectivity index (χ1n) is 12.0. The Balaban J connectivity index is 1.37. The quantitative estimate of drug-likeness (QED) is 0.395. The molecule has 1 N–H and O–H groups in total. The molecule has 8 nitrogen and oxygen atoms in total. The number of carbonyl (C=O) groups is 1. The number of carbonyl (C=O) groups excluding carboxylic acids is 1. The lowest BCUT2D eigenvalue weighted by molar-refractivity contribution is -0.137. The van der Waals surface area contributed by atoms with Crippen molar-refractivity contribution in [3.05, 3.63) is 101 Å². The lowest BCUT2D eigenvalue weighted by atomic mass is 9.93. The fourth-order valence-corrected chi connectivity index (χ4v) is 4.37. The second-order valence-electron chi connectivity index (χ2n) is 9.00. The summed E-state index contributed by atoms with van der Waals surface area (Å²) in [6.07, 6.45) is -3.97. The summed E-state index contributed by atoms with van der Waals surface area (Å²) in [6.45, 7) is 1.22. The monoisotopic (exact) mass is 541 g/mol. The minimum absolute atomic E-state index is 0.0550. The number of nitrogens with zero attached hydrogens (tertiary/aromatic N) is 5. The lowest BCUT2D eigenvalue weighted by Crippen LogP contribution is -2.50. The molecule has 3 heterocycles. The summed E-state index contributed by atoms with van der Waals surface area (Å²) < 4.78 is 59.6. The van der Waals surface area contributed by atoms with Crippen LogP contribution in [0.1, 0.15) is 22.3 Å². The van der Waals surface area contributed by atoms with Gasteiger partial charge in [-0.2, -0.15) is 17.6 Å². The van der Waals surface area contributed by atoms with Crippen molar-refractivity contribution in [2.75, 3.05) is 26.2 Å².